The number of carbonyl (C=O) groups is 3. The van der Waals surface area contributed by atoms with Crippen LogP contribution in [0.1, 0.15) is 31.1 Å². The first kappa shape index (κ1) is 35.6. The molecule has 0 aliphatic heterocycles. The second-order valence-electron chi connectivity index (χ2n) is 9.15. The van der Waals surface area contributed by atoms with Crippen LogP contribution in [-0.2, 0) is 38.5 Å². The molecule has 1 aromatic carbocycles. The number of hydrogen-bond donors (Lipinski definition) is 3. The Hall–Kier alpha value is -3.47. The Kier molecular flexibility index (Phi) is 16.3. The van der Waals surface area contributed by atoms with E-state index in [1.54, 1.807) is 20.8 Å². The van der Waals surface area contributed by atoms with E-state index in [0.717, 1.165) is 7.11 Å². The monoisotopic (exact) mass is 602 g/mol. The Balaban J connectivity index is 2.45. The van der Waals surface area contributed by atoms with Crippen LogP contribution in [0.4, 0.5) is 4.79 Å². The minimum Gasteiger partial charge on any atom is -0.468 e. The molecule has 0 aliphatic carbocycles. The van der Waals surface area contributed by atoms with Crippen molar-refractivity contribution in [2.75, 3.05) is 66.4 Å². The maximum absolute atomic E-state index is 12.8. The van der Waals surface area contributed by atoms with Crippen LogP contribution in [0.2, 0.25) is 0 Å². The number of ether oxygens (including phenoxy) is 5. The summed E-state index contributed by atoms with van der Waals surface area (Å²) in [6, 6.07) is 3.64. The Morgan fingerprint density at radius 1 is 0.951 bits per heavy atom. The van der Waals surface area contributed by atoms with Crippen LogP contribution in [0.25, 0.3) is 10.4 Å². The quantitative estimate of drug-likeness (QED) is 0.0674. The summed E-state index contributed by atoms with van der Waals surface area (Å²) in [7, 11) is -3.13. The topological polar surface area (TPSA) is 216 Å². The molecule has 16 nitrogen and oxygen atoms in total. The summed E-state index contributed by atoms with van der Waals surface area (Å²) in [6.45, 7) is 6.97. The van der Waals surface area contributed by atoms with Crippen molar-refractivity contribution in [1.29, 1.82) is 0 Å². The van der Waals surface area contributed by atoms with E-state index in [2.05, 4.69) is 30.1 Å². The number of methoxy groups -OCH3 is 1. The molecule has 0 aromatic heterocycles. The van der Waals surface area contributed by atoms with E-state index in [4.69, 9.17) is 24.5 Å². The molecule has 1 atom stereocenters. The highest BCUT2D eigenvalue weighted by molar-refractivity contribution is 7.89. The van der Waals surface area contributed by atoms with Gasteiger partial charge in [0.25, 0.3) is 5.91 Å². The molecule has 41 heavy (non-hydrogen) atoms. The first-order chi connectivity index (χ1) is 19.4. The van der Waals surface area contributed by atoms with Gasteiger partial charge < -0.3 is 34.3 Å². The number of esters is 1. The fourth-order valence-corrected chi connectivity index (χ4v) is 4.07. The average Bonchev–Trinajstić information content (AvgIpc) is 2.92. The van der Waals surface area contributed by atoms with Crippen molar-refractivity contribution < 1.29 is 46.5 Å². The molecule has 0 spiro atoms. The summed E-state index contributed by atoms with van der Waals surface area (Å²) < 4.78 is 53.4. The third kappa shape index (κ3) is 15.8. The number of azide groups is 1. The molecule has 0 fully saturated rings. The molecule has 0 bridgehead atoms. The lowest BCUT2D eigenvalue weighted by molar-refractivity contribution is -0.142. The lowest BCUT2D eigenvalue weighted by atomic mass is 10.2. The Bertz CT molecular complexity index is 1120. The van der Waals surface area contributed by atoms with Gasteiger partial charge in [0, 0.05) is 30.1 Å². The molecule has 17 heteroatoms. The van der Waals surface area contributed by atoms with Crippen molar-refractivity contribution in [2.24, 2.45) is 5.11 Å². The number of sulfonamides is 1. The van der Waals surface area contributed by atoms with Crippen LogP contribution in [0.5, 0.6) is 0 Å². The second-order valence-corrected chi connectivity index (χ2v) is 10.9. The number of rotatable bonds is 19. The highest BCUT2D eigenvalue weighted by Gasteiger charge is 2.28. The van der Waals surface area contributed by atoms with Gasteiger partial charge in [-0.1, -0.05) is 5.11 Å². The molecule has 0 radical (unpaired) electrons. The van der Waals surface area contributed by atoms with E-state index >= 15 is 0 Å². The van der Waals surface area contributed by atoms with Crippen LogP contribution >= 0.6 is 0 Å². The zero-order valence-corrected chi connectivity index (χ0v) is 24.4. The smallest absolute Gasteiger partial charge is 0.407 e. The van der Waals surface area contributed by atoms with Crippen molar-refractivity contribution in [1.82, 2.24) is 15.4 Å². The highest BCUT2D eigenvalue weighted by Crippen LogP contribution is 2.12. The van der Waals surface area contributed by atoms with Crippen molar-refractivity contribution in [3.05, 3.63) is 40.3 Å². The van der Waals surface area contributed by atoms with Crippen molar-refractivity contribution in [2.45, 2.75) is 37.3 Å². The summed E-state index contributed by atoms with van der Waals surface area (Å²) in [5.74, 6) is -1.35. The molecule has 0 saturated carbocycles. The molecule has 0 aliphatic rings. The maximum atomic E-state index is 12.8. The molecule has 0 saturated heterocycles. The number of alkyl carbamates (subject to hydrolysis) is 1. The van der Waals surface area contributed by atoms with Crippen LogP contribution in [0.3, 0.4) is 0 Å². The summed E-state index contributed by atoms with van der Waals surface area (Å²) in [5, 5.41) is 8.32. The Labute approximate surface area is 239 Å². The van der Waals surface area contributed by atoms with Gasteiger partial charge in [-0.15, -0.1) is 0 Å². The Morgan fingerprint density at radius 2 is 1.54 bits per heavy atom. The molecule has 1 aromatic rings. The lowest BCUT2D eigenvalue weighted by Crippen LogP contribution is -2.49. The first-order valence-electron chi connectivity index (χ1n) is 12.6. The minimum atomic E-state index is -4.21. The van der Waals surface area contributed by atoms with Crippen molar-refractivity contribution >= 4 is 28.0 Å². The van der Waals surface area contributed by atoms with Crippen LogP contribution in [-0.4, -0.2) is 104 Å². The van der Waals surface area contributed by atoms with Gasteiger partial charge in [0.1, 0.15) is 11.6 Å². The Morgan fingerprint density at radius 3 is 2.10 bits per heavy atom. The van der Waals surface area contributed by atoms with E-state index < -0.39 is 46.2 Å². The van der Waals surface area contributed by atoms with Crippen LogP contribution in [0.15, 0.2) is 34.3 Å². The second kappa shape index (κ2) is 18.8. The minimum absolute atomic E-state index is 0.204. The van der Waals surface area contributed by atoms with Gasteiger partial charge in [-0.2, -0.15) is 4.72 Å². The zero-order chi connectivity index (χ0) is 30.7. The fraction of sp³-hybridized carbons (Fsp3) is 0.625. The maximum Gasteiger partial charge on any atom is 0.407 e. The van der Waals surface area contributed by atoms with E-state index in [1.165, 1.54) is 24.3 Å². The first-order valence-corrected chi connectivity index (χ1v) is 14.1. The molecular weight excluding hydrogens is 564 g/mol. The summed E-state index contributed by atoms with van der Waals surface area (Å²) >= 11 is 0. The summed E-state index contributed by atoms with van der Waals surface area (Å²) in [5.41, 5.74) is 7.57. The van der Waals surface area contributed by atoms with E-state index in [1.807, 2.05) is 0 Å². The van der Waals surface area contributed by atoms with Crippen molar-refractivity contribution in [3.63, 3.8) is 0 Å². The number of nitrogens with one attached hydrogen (secondary N) is 3. The molecule has 2 amide bonds. The summed E-state index contributed by atoms with van der Waals surface area (Å²) in [4.78, 5) is 38.8. The zero-order valence-electron chi connectivity index (χ0n) is 23.6. The predicted molar refractivity (Wildman–Crippen MR) is 146 cm³/mol. The van der Waals surface area contributed by atoms with E-state index in [-0.39, 0.29) is 30.2 Å². The SMILES string of the molecule is COC(=O)[C@H](CNC(=O)OC(C)(C)C)NS(=O)(=O)c1ccc(C(=O)NCCOCCOCCOCCN=[N+]=[N-])cc1. The van der Waals surface area contributed by atoms with Gasteiger partial charge in [0.05, 0.1) is 51.6 Å². The van der Waals surface area contributed by atoms with Crippen LogP contribution < -0.4 is 15.4 Å². The average molecular weight is 603 g/mol. The molecule has 0 unspecified atom stereocenters. The molecule has 1 rings (SSSR count). The number of benzene rings is 1. The highest BCUT2D eigenvalue weighted by atomic mass is 32.2. The third-order valence-corrected chi connectivity index (χ3v) is 6.22. The van der Waals surface area contributed by atoms with Gasteiger partial charge in [0.2, 0.25) is 10.0 Å². The van der Waals surface area contributed by atoms with E-state index in [9.17, 15) is 22.8 Å². The molecule has 230 valence electrons. The predicted octanol–water partition coefficient (Wildman–Crippen LogP) is 1.12. The van der Waals surface area contributed by atoms with Gasteiger partial charge >= 0.3 is 12.1 Å². The van der Waals surface area contributed by atoms with E-state index in [0.29, 0.717) is 33.0 Å². The number of nitrogens with zero attached hydrogens (tertiary/aromatic N) is 3. The summed E-state index contributed by atoms with van der Waals surface area (Å²) in [6.07, 6.45) is -0.832. The molecule has 0 heterocycles. The largest absolute Gasteiger partial charge is 0.468 e. The third-order valence-electron chi connectivity index (χ3n) is 4.73. The number of carbonyl (C=O) groups excluding carboxylic acids is 3. The van der Waals surface area contributed by atoms with Gasteiger partial charge in [-0.25, -0.2) is 13.2 Å². The van der Waals surface area contributed by atoms with Crippen molar-refractivity contribution in [3.8, 4) is 0 Å². The fourth-order valence-electron chi connectivity index (χ4n) is 2.89. The molecular formula is C24H38N6O10S. The normalized spacial score (nSPS) is 12.1. The lowest BCUT2D eigenvalue weighted by Gasteiger charge is -2.21. The number of hydrogen-bond acceptors (Lipinski definition) is 11. The van der Waals surface area contributed by atoms with Crippen LogP contribution in [0, 0.1) is 0 Å². The van der Waals surface area contributed by atoms with Gasteiger partial charge in [-0.3, -0.25) is 9.59 Å². The standard InChI is InChI=1S/C24H38N6O10S/c1-24(2,3)40-23(33)27-17-20(22(32)36-4)29-41(34,35)19-7-5-18(6-8-19)21(31)26-9-11-37-13-15-39-16-14-38-12-10-28-30-25/h5-8,20,29H,9-17H2,1-4H3,(H,26,31)(H,27,33)/t20-/m0/s1. The van der Waals surface area contributed by atoms with Gasteiger partial charge in [0.15, 0.2) is 0 Å². The molecule has 3 N–H and O–H groups in total. The number of amides is 2. The van der Waals surface area contributed by atoms with Gasteiger partial charge in [-0.05, 0) is 50.6 Å².